The molecule has 6 heteroatoms. The van der Waals surface area contributed by atoms with E-state index in [0.29, 0.717) is 10.8 Å². The Balaban J connectivity index is 1.34. The Morgan fingerprint density at radius 3 is 2.35 bits per heavy atom. The fourth-order valence-corrected chi connectivity index (χ4v) is 5.32. The lowest BCUT2D eigenvalue weighted by Crippen LogP contribution is -2.31. The first kappa shape index (κ1) is 20.6. The van der Waals surface area contributed by atoms with Crippen molar-refractivity contribution in [3.05, 3.63) is 97.1 Å². The molecule has 1 fully saturated rings. The molecule has 4 aromatic carbocycles. The van der Waals surface area contributed by atoms with Gasteiger partial charge in [-0.15, -0.1) is 0 Å². The van der Waals surface area contributed by atoms with Gasteiger partial charge in [0.05, 0.1) is 16.9 Å². The number of carbonyl (C=O) groups is 2. The average Bonchev–Trinajstić information content (AvgIpc) is 3.16. The number of carbonyl (C=O) groups excluding carboxylic acids is 2. The molecule has 1 aromatic heterocycles. The third-order valence-electron chi connectivity index (χ3n) is 5.97. The predicted molar refractivity (Wildman–Crippen MR) is 136 cm³/mol. The van der Waals surface area contributed by atoms with Gasteiger partial charge in [0.25, 0.3) is 0 Å². The standard InChI is InChI=1S/C28H19N3O2S/c32-25-17-24(27(33)31(25)21-15-14-18-8-4-5-11-20(18)16-21)34-28-29-23-13-7-6-12-22(23)26(30-28)19-9-2-1-3-10-19/h1-16,24H,17H2. The number of hydrogen-bond acceptors (Lipinski definition) is 5. The zero-order valence-corrected chi connectivity index (χ0v) is 18.9. The summed E-state index contributed by atoms with van der Waals surface area (Å²) in [5.74, 6) is -0.440. The van der Waals surface area contributed by atoms with Gasteiger partial charge in [0.15, 0.2) is 5.16 Å². The molecule has 0 radical (unpaired) electrons. The van der Waals surface area contributed by atoms with Gasteiger partial charge in [0.2, 0.25) is 11.8 Å². The van der Waals surface area contributed by atoms with E-state index in [1.165, 1.54) is 16.7 Å². The fraction of sp³-hybridized carbons (Fsp3) is 0.0714. The Bertz CT molecular complexity index is 1570. The van der Waals surface area contributed by atoms with Crippen LogP contribution in [0.2, 0.25) is 0 Å². The van der Waals surface area contributed by atoms with Crippen LogP contribution in [-0.2, 0) is 9.59 Å². The second kappa shape index (κ2) is 8.39. The number of rotatable bonds is 4. The Labute approximate surface area is 200 Å². The second-order valence-electron chi connectivity index (χ2n) is 8.15. The Morgan fingerprint density at radius 2 is 1.50 bits per heavy atom. The summed E-state index contributed by atoms with van der Waals surface area (Å²) in [5.41, 5.74) is 3.20. The second-order valence-corrected chi connectivity index (χ2v) is 9.32. The molecule has 2 heterocycles. The van der Waals surface area contributed by atoms with Crippen molar-refractivity contribution in [3.8, 4) is 11.3 Å². The van der Waals surface area contributed by atoms with Gasteiger partial charge in [0, 0.05) is 17.4 Å². The summed E-state index contributed by atoms with van der Waals surface area (Å²) in [4.78, 5) is 37.0. The number of amides is 2. The molecule has 5 nitrogen and oxygen atoms in total. The number of para-hydroxylation sites is 1. The number of nitrogens with zero attached hydrogens (tertiary/aromatic N) is 3. The Hall–Kier alpha value is -4.03. The quantitative estimate of drug-likeness (QED) is 0.247. The normalized spacial score (nSPS) is 16.0. The maximum absolute atomic E-state index is 13.3. The van der Waals surface area contributed by atoms with Gasteiger partial charge in [-0.25, -0.2) is 14.9 Å². The van der Waals surface area contributed by atoms with Crippen molar-refractivity contribution in [2.45, 2.75) is 16.8 Å². The molecule has 164 valence electrons. The van der Waals surface area contributed by atoms with E-state index in [9.17, 15) is 9.59 Å². The molecule has 1 unspecified atom stereocenters. The van der Waals surface area contributed by atoms with Crippen LogP contribution in [0, 0.1) is 0 Å². The van der Waals surface area contributed by atoms with Crippen LogP contribution < -0.4 is 4.90 Å². The van der Waals surface area contributed by atoms with Crippen LogP contribution in [-0.4, -0.2) is 27.0 Å². The van der Waals surface area contributed by atoms with Crippen LogP contribution in [0.4, 0.5) is 5.69 Å². The van der Waals surface area contributed by atoms with E-state index in [1.54, 1.807) is 0 Å². The molecular weight excluding hydrogens is 442 g/mol. The van der Waals surface area contributed by atoms with Gasteiger partial charge < -0.3 is 0 Å². The van der Waals surface area contributed by atoms with Gasteiger partial charge in [-0.1, -0.05) is 90.6 Å². The van der Waals surface area contributed by atoms with Crippen molar-refractivity contribution in [2.75, 3.05) is 4.90 Å². The number of anilines is 1. The van der Waals surface area contributed by atoms with E-state index >= 15 is 0 Å². The largest absolute Gasteiger partial charge is 0.274 e. The average molecular weight is 462 g/mol. The van der Waals surface area contributed by atoms with E-state index < -0.39 is 5.25 Å². The minimum absolute atomic E-state index is 0.118. The van der Waals surface area contributed by atoms with Crippen LogP contribution in [0.5, 0.6) is 0 Å². The van der Waals surface area contributed by atoms with E-state index in [4.69, 9.17) is 9.97 Å². The van der Waals surface area contributed by atoms with E-state index in [2.05, 4.69) is 0 Å². The maximum atomic E-state index is 13.3. The van der Waals surface area contributed by atoms with Crippen molar-refractivity contribution in [3.63, 3.8) is 0 Å². The minimum Gasteiger partial charge on any atom is -0.274 e. The first-order chi connectivity index (χ1) is 16.7. The smallest absolute Gasteiger partial charge is 0.247 e. The number of benzene rings is 4. The molecule has 2 amide bonds. The molecular formula is C28H19N3O2S. The summed E-state index contributed by atoms with van der Waals surface area (Å²) < 4.78 is 0. The highest BCUT2D eigenvalue weighted by Crippen LogP contribution is 2.36. The first-order valence-electron chi connectivity index (χ1n) is 11.0. The lowest BCUT2D eigenvalue weighted by molar-refractivity contribution is -0.121. The highest BCUT2D eigenvalue weighted by molar-refractivity contribution is 8.00. The summed E-state index contributed by atoms with van der Waals surface area (Å²) in [6.07, 6.45) is 0.118. The number of imide groups is 1. The van der Waals surface area contributed by atoms with Crippen molar-refractivity contribution >= 4 is 50.9 Å². The molecule has 0 aliphatic carbocycles. The summed E-state index contributed by atoms with van der Waals surface area (Å²) >= 11 is 1.25. The SMILES string of the molecule is O=C1CC(Sc2nc(-c3ccccc3)c3ccccc3n2)C(=O)N1c1ccc2ccccc2c1. The van der Waals surface area contributed by atoms with Gasteiger partial charge in [-0.3, -0.25) is 9.59 Å². The Morgan fingerprint density at radius 1 is 0.765 bits per heavy atom. The third-order valence-corrected chi connectivity index (χ3v) is 7.02. The summed E-state index contributed by atoms with van der Waals surface area (Å²) in [7, 11) is 0. The van der Waals surface area contributed by atoms with Gasteiger partial charge in [0.1, 0.15) is 5.25 Å². The molecule has 1 atom stereocenters. The van der Waals surface area contributed by atoms with E-state index in [0.717, 1.165) is 32.9 Å². The van der Waals surface area contributed by atoms with Crippen LogP contribution in [0.15, 0.2) is 102 Å². The molecule has 0 bridgehead atoms. The molecule has 0 saturated carbocycles. The summed E-state index contributed by atoms with van der Waals surface area (Å²) in [5, 5.41) is 2.92. The lowest BCUT2D eigenvalue weighted by Gasteiger charge is -2.16. The molecule has 0 spiro atoms. The predicted octanol–water partition coefficient (Wildman–Crippen LogP) is 5.87. The topological polar surface area (TPSA) is 63.2 Å². The van der Waals surface area contributed by atoms with E-state index in [1.807, 2.05) is 97.1 Å². The van der Waals surface area contributed by atoms with Crippen LogP contribution in [0.1, 0.15) is 6.42 Å². The van der Waals surface area contributed by atoms with Crippen LogP contribution in [0.25, 0.3) is 32.9 Å². The number of hydrogen-bond donors (Lipinski definition) is 0. The van der Waals surface area contributed by atoms with Crippen LogP contribution >= 0.6 is 11.8 Å². The monoisotopic (exact) mass is 461 g/mol. The van der Waals surface area contributed by atoms with Crippen molar-refractivity contribution in [1.29, 1.82) is 0 Å². The van der Waals surface area contributed by atoms with Crippen molar-refractivity contribution in [2.24, 2.45) is 0 Å². The number of fused-ring (bicyclic) bond motifs is 2. The molecule has 1 aliphatic rings. The lowest BCUT2D eigenvalue weighted by atomic mass is 10.1. The van der Waals surface area contributed by atoms with Gasteiger partial charge in [-0.05, 0) is 29.0 Å². The number of thioether (sulfide) groups is 1. The summed E-state index contributed by atoms with van der Waals surface area (Å²) in [6, 6.07) is 31.3. The summed E-state index contributed by atoms with van der Waals surface area (Å²) in [6.45, 7) is 0. The third kappa shape index (κ3) is 3.62. The molecule has 1 saturated heterocycles. The van der Waals surface area contributed by atoms with E-state index in [-0.39, 0.29) is 18.2 Å². The maximum Gasteiger partial charge on any atom is 0.247 e. The van der Waals surface area contributed by atoms with Gasteiger partial charge >= 0.3 is 0 Å². The molecule has 0 N–H and O–H groups in total. The van der Waals surface area contributed by atoms with Crippen molar-refractivity contribution < 1.29 is 9.59 Å². The van der Waals surface area contributed by atoms with Gasteiger partial charge in [-0.2, -0.15) is 0 Å². The molecule has 6 rings (SSSR count). The molecule has 1 aliphatic heterocycles. The Kier molecular flexibility index (Phi) is 5.08. The fourth-order valence-electron chi connectivity index (χ4n) is 4.33. The zero-order chi connectivity index (χ0) is 23.1. The van der Waals surface area contributed by atoms with Crippen molar-refractivity contribution in [1.82, 2.24) is 9.97 Å². The minimum atomic E-state index is -0.566. The zero-order valence-electron chi connectivity index (χ0n) is 18.1. The molecule has 5 aromatic rings. The molecule has 34 heavy (non-hydrogen) atoms. The first-order valence-corrected chi connectivity index (χ1v) is 11.9. The highest BCUT2D eigenvalue weighted by Gasteiger charge is 2.40. The van der Waals surface area contributed by atoms with Crippen LogP contribution in [0.3, 0.4) is 0 Å². The number of aromatic nitrogens is 2. The highest BCUT2D eigenvalue weighted by atomic mass is 32.2.